The molecule has 12 atom stereocenters. The summed E-state index contributed by atoms with van der Waals surface area (Å²) < 4.78 is 74.9. The molecular formula is C13H24B3O16P3. The maximum absolute atomic E-state index is 12.2. The number of ether oxygens (including phenoxy) is 4. The van der Waals surface area contributed by atoms with Crippen LogP contribution >= 0.6 is 23.5 Å². The molecule has 3 saturated heterocycles. The van der Waals surface area contributed by atoms with E-state index in [-0.39, 0.29) is 0 Å². The molecule has 0 bridgehead atoms. The Morgan fingerprint density at radius 2 is 1.29 bits per heavy atom. The van der Waals surface area contributed by atoms with Crippen molar-refractivity contribution in [2.45, 2.75) is 68.9 Å². The molecule has 22 heteroatoms. The van der Waals surface area contributed by atoms with Crippen LogP contribution in [0.15, 0.2) is 0 Å². The Bertz CT molecular complexity index is 896. The maximum atomic E-state index is 12.2. The van der Waals surface area contributed by atoms with Gasteiger partial charge >= 0.3 is 23.5 Å². The molecule has 0 aliphatic carbocycles. The van der Waals surface area contributed by atoms with Gasteiger partial charge in [-0.1, -0.05) is 0 Å². The molecule has 35 heavy (non-hydrogen) atoms. The molecule has 16 nitrogen and oxygen atoms in total. The highest BCUT2D eigenvalue weighted by molar-refractivity contribution is 7.66. The molecule has 0 aromatic heterocycles. The summed E-state index contributed by atoms with van der Waals surface area (Å²) in [6.45, 7) is 0.484. The van der Waals surface area contributed by atoms with Crippen LogP contribution in [0.5, 0.6) is 0 Å². The van der Waals surface area contributed by atoms with E-state index in [9.17, 15) is 38.6 Å². The van der Waals surface area contributed by atoms with Crippen molar-refractivity contribution in [1.29, 1.82) is 0 Å². The monoisotopic (exact) mass is 562 g/mol. The zero-order valence-electron chi connectivity index (χ0n) is 18.4. The smallest absolute Gasteiger partial charge is 0.388 e. The summed E-state index contributed by atoms with van der Waals surface area (Å²) >= 11 is 0. The van der Waals surface area contributed by atoms with Crippen molar-refractivity contribution in [1.82, 2.24) is 0 Å². The summed E-state index contributed by atoms with van der Waals surface area (Å²) in [4.78, 5) is 29.1. The zero-order chi connectivity index (χ0) is 26.3. The van der Waals surface area contributed by atoms with Gasteiger partial charge in [-0.15, -0.1) is 0 Å². The van der Waals surface area contributed by atoms with Crippen molar-refractivity contribution >= 4 is 45.4 Å². The van der Waals surface area contributed by atoms with E-state index >= 15 is 0 Å². The Morgan fingerprint density at radius 1 is 0.771 bits per heavy atom. The molecular weight excluding hydrogens is 537 g/mol. The van der Waals surface area contributed by atoms with Crippen molar-refractivity contribution < 1.29 is 75.2 Å². The first-order valence-electron chi connectivity index (χ1n) is 10.2. The van der Waals surface area contributed by atoms with Gasteiger partial charge in [-0.05, 0) is 13.8 Å². The lowest BCUT2D eigenvalue weighted by atomic mass is 9.16. The number of hydrogen-bond acceptors (Lipinski definition) is 13. The standard InChI is InChI=1S/C13H24B3O16P3/c1-5-9(17)10(18)7(27-5)3-25-33(19,20)31-35(23,24)32-34(21,22)26-4-8-11-12(29-6(2)28-11)13(30-8)16(14)15/h5-13,17-18H,3-4H2,1-2H3,(H,19,20)(H,21,22)(H,23,24)/t5-,6?,7+,8+,9?,10?,11?,12-,13+/m0/s1. The molecule has 0 spiro atoms. The van der Waals surface area contributed by atoms with E-state index in [1.165, 1.54) is 6.92 Å². The van der Waals surface area contributed by atoms with Gasteiger partial charge in [-0.25, -0.2) is 13.7 Å². The van der Waals surface area contributed by atoms with Gasteiger partial charge in [0.25, 0.3) is 0 Å². The number of rotatable bonds is 11. The van der Waals surface area contributed by atoms with Gasteiger partial charge in [-0.2, -0.15) is 8.62 Å². The first-order chi connectivity index (χ1) is 16.0. The Morgan fingerprint density at radius 3 is 1.77 bits per heavy atom. The quantitative estimate of drug-likeness (QED) is 0.137. The molecule has 0 saturated carbocycles. The number of hydrogen-bond donors (Lipinski definition) is 5. The van der Waals surface area contributed by atoms with Gasteiger partial charge < -0.3 is 43.8 Å². The number of phosphoric ester groups is 2. The van der Waals surface area contributed by atoms with Crippen LogP contribution in [0.3, 0.4) is 0 Å². The van der Waals surface area contributed by atoms with Crippen LogP contribution in [0.1, 0.15) is 13.8 Å². The van der Waals surface area contributed by atoms with Gasteiger partial charge in [0.1, 0.15) is 36.6 Å². The molecule has 3 aliphatic heterocycles. The number of aliphatic hydroxyl groups excluding tert-OH is 2. The van der Waals surface area contributed by atoms with Crippen molar-refractivity contribution in [3.8, 4) is 0 Å². The molecule has 3 heterocycles. The number of phosphoric acid groups is 3. The Balaban J connectivity index is 1.52. The van der Waals surface area contributed by atoms with E-state index in [1.807, 2.05) is 0 Å². The molecule has 3 fully saturated rings. The second-order valence-corrected chi connectivity index (χ2v) is 12.6. The third kappa shape index (κ3) is 7.70. The van der Waals surface area contributed by atoms with Crippen molar-refractivity contribution in [2.24, 2.45) is 0 Å². The summed E-state index contributed by atoms with van der Waals surface area (Å²) in [5.74, 6) is 0. The van der Waals surface area contributed by atoms with Crippen LogP contribution in [-0.4, -0.2) is 115 Å². The second-order valence-electron chi connectivity index (χ2n) is 8.01. The fourth-order valence-electron chi connectivity index (χ4n) is 3.72. The first-order valence-corrected chi connectivity index (χ1v) is 14.7. The van der Waals surface area contributed by atoms with Crippen LogP contribution in [0, 0.1) is 0 Å². The summed E-state index contributed by atoms with van der Waals surface area (Å²) in [5, 5.41) is 19.4. The summed E-state index contributed by atoms with van der Waals surface area (Å²) in [7, 11) is -5.21. The lowest BCUT2D eigenvalue weighted by Crippen LogP contribution is -2.42. The Kier molecular flexibility index (Phi) is 9.60. The van der Waals surface area contributed by atoms with Crippen molar-refractivity contribution in [3.63, 3.8) is 0 Å². The topological polar surface area (TPSA) is 226 Å². The third-order valence-electron chi connectivity index (χ3n) is 5.24. The van der Waals surface area contributed by atoms with E-state index in [1.54, 1.807) is 6.92 Å². The van der Waals surface area contributed by atoms with Gasteiger partial charge in [0.15, 0.2) is 6.29 Å². The molecule has 4 radical (unpaired) electrons. The lowest BCUT2D eigenvalue weighted by Gasteiger charge is -2.22. The second kappa shape index (κ2) is 11.2. The molecule has 3 aliphatic rings. The minimum atomic E-state index is -5.72. The third-order valence-corrected chi connectivity index (χ3v) is 9.49. The van der Waals surface area contributed by atoms with Gasteiger partial charge in [0, 0.05) is 21.5 Å². The van der Waals surface area contributed by atoms with Gasteiger partial charge in [0.05, 0.1) is 25.8 Å². The minimum absolute atomic E-state index is 0.651. The van der Waals surface area contributed by atoms with E-state index in [4.69, 9.17) is 34.4 Å². The molecule has 5 N–H and O–H groups in total. The Hall–Kier alpha value is 0.365. The van der Waals surface area contributed by atoms with Crippen LogP contribution in [-0.2, 0) is 50.3 Å². The van der Waals surface area contributed by atoms with Crippen LogP contribution in [0.25, 0.3) is 0 Å². The fraction of sp³-hybridized carbons (Fsp3) is 1.00. The molecule has 3 rings (SSSR count). The highest BCUT2D eigenvalue weighted by atomic mass is 31.3. The maximum Gasteiger partial charge on any atom is 0.490 e. The number of fused-ring (bicyclic) bond motifs is 1. The van der Waals surface area contributed by atoms with Crippen molar-refractivity contribution in [3.05, 3.63) is 0 Å². The van der Waals surface area contributed by atoms with Crippen LogP contribution < -0.4 is 0 Å². The minimum Gasteiger partial charge on any atom is -0.388 e. The van der Waals surface area contributed by atoms with Crippen LogP contribution in [0.2, 0.25) is 0 Å². The van der Waals surface area contributed by atoms with Gasteiger partial charge in [0.2, 0.25) is 0 Å². The van der Waals surface area contributed by atoms with Crippen molar-refractivity contribution in [2.75, 3.05) is 13.2 Å². The first kappa shape index (κ1) is 29.9. The molecule has 0 amide bonds. The molecule has 0 aromatic carbocycles. The number of aliphatic hydroxyl groups is 2. The highest BCUT2D eigenvalue weighted by Crippen LogP contribution is 2.67. The SMILES string of the molecule is [B]B([B])[C@@H]1O[C@H](COP(=O)(O)OP(=O)(O)OP(=O)(O)OC[C@H]2O[C@@H](C)C(O)C2O)C2OC(C)O[C@@H]21. The summed E-state index contributed by atoms with van der Waals surface area (Å²) in [6.07, 6.45) is -8.03. The van der Waals surface area contributed by atoms with Crippen LogP contribution in [0.4, 0.5) is 0 Å². The lowest BCUT2D eigenvalue weighted by molar-refractivity contribution is -0.113. The fourth-order valence-corrected chi connectivity index (χ4v) is 7.25. The average molecular weight is 562 g/mol. The predicted octanol–water partition coefficient (Wildman–Crippen LogP) is -1.88. The van der Waals surface area contributed by atoms with E-state index in [0.29, 0.717) is 0 Å². The van der Waals surface area contributed by atoms with E-state index in [0.717, 1.165) is 0 Å². The average Bonchev–Trinajstić information content (AvgIpc) is 3.30. The largest absolute Gasteiger partial charge is 0.490 e. The summed E-state index contributed by atoms with van der Waals surface area (Å²) in [5.41, 5.74) is 0. The van der Waals surface area contributed by atoms with E-state index in [2.05, 4.69) is 17.7 Å². The normalized spacial score (nSPS) is 42.2. The zero-order valence-corrected chi connectivity index (χ0v) is 21.1. The van der Waals surface area contributed by atoms with E-state index < -0.39 is 98.2 Å². The molecule has 0 aromatic rings. The van der Waals surface area contributed by atoms with Gasteiger partial charge in [-0.3, -0.25) is 9.05 Å². The predicted molar refractivity (Wildman–Crippen MR) is 115 cm³/mol. The molecule has 196 valence electrons. The molecule has 7 unspecified atom stereocenters. The summed E-state index contributed by atoms with van der Waals surface area (Å²) in [6, 6.07) is -0.839. The Labute approximate surface area is 203 Å². The highest BCUT2D eigenvalue weighted by Gasteiger charge is 2.53.